The average Bonchev–Trinajstić information content (AvgIpc) is 2.17. The standard InChI is InChI=1S/C12H20N2/c1-4-12(9-11(2)3)10-14-7-5-13-6-8-14/h4,9,13H,1-2,5-8,10H2,3H3/b12-9+. The summed E-state index contributed by atoms with van der Waals surface area (Å²) in [6.45, 7) is 15.2. The second-order valence-electron chi connectivity index (χ2n) is 3.80. The van der Waals surface area contributed by atoms with Crippen molar-refractivity contribution in [2.75, 3.05) is 32.7 Å². The molecular formula is C12H20N2. The molecule has 1 fully saturated rings. The summed E-state index contributed by atoms with van der Waals surface area (Å²) in [5.74, 6) is 0. The highest BCUT2D eigenvalue weighted by atomic mass is 15.2. The van der Waals surface area contributed by atoms with E-state index in [1.54, 1.807) is 0 Å². The summed E-state index contributed by atoms with van der Waals surface area (Å²) in [6, 6.07) is 0. The molecule has 1 aliphatic heterocycles. The van der Waals surface area contributed by atoms with Gasteiger partial charge in [0, 0.05) is 32.7 Å². The maximum absolute atomic E-state index is 3.88. The van der Waals surface area contributed by atoms with E-state index in [4.69, 9.17) is 0 Å². The Kier molecular flexibility index (Phi) is 4.63. The summed E-state index contributed by atoms with van der Waals surface area (Å²) in [5.41, 5.74) is 2.36. The van der Waals surface area contributed by atoms with Gasteiger partial charge in [-0.2, -0.15) is 0 Å². The number of nitrogens with one attached hydrogen (secondary N) is 1. The van der Waals surface area contributed by atoms with Crippen molar-refractivity contribution in [3.63, 3.8) is 0 Å². The average molecular weight is 192 g/mol. The van der Waals surface area contributed by atoms with E-state index in [-0.39, 0.29) is 0 Å². The molecule has 0 radical (unpaired) electrons. The van der Waals surface area contributed by atoms with Gasteiger partial charge < -0.3 is 5.32 Å². The molecule has 0 saturated carbocycles. The third-order valence-electron chi connectivity index (χ3n) is 2.31. The monoisotopic (exact) mass is 192 g/mol. The van der Waals surface area contributed by atoms with E-state index in [2.05, 4.69) is 29.5 Å². The fourth-order valence-electron chi connectivity index (χ4n) is 1.61. The smallest absolute Gasteiger partial charge is 0.0234 e. The predicted octanol–water partition coefficient (Wildman–Crippen LogP) is 1.58. The molecule has 1 heterocycles. The van der Waals surface area contributed by atoms with Gasteiger partial charge in [-0.05, 0) is 12.5 Å². The first-order valence-electron chi connectivity index (χ1n) is 5.14. The molecule has 0 aromatic carbocycles. The molecular weight excluding hydrogens is 172 g/mol. The van der Waals surface area contributed by atoms with Gasteiger partial charge >= 0.3 is 0 Å². The quantitative estimate of drug-likeness (QED) is 0.680. The molecule has 14 heavy (non-hydrogen) atoms. The molecule has 0 aromatic rings. The SMILES string of the molecule is C=C/C(=C\C(=C)C)CN1CCNCC1. The van der Waals surface area contributed by atoms with Crippen LogP contribution in [0.2, 0.25) is 0 Å². The van der Waals surface area contributed by atoms with Crippen molar-refractivity contribution < 1.29 is 0 Å². The van der Waals surface area contributed by atoms with E-state index in [9.17, 15) is 0 Å². The van der Waals surface area contributed by atoms with Gasteiger partial charge in [0.1, 0.15) is 0 Å². The summed E-state index contributed by atoms with van der Waals surface area (Å²) in [4.78, 5) is 2.44. The summed E-state index contributed by atoms with van der Waals surface area (Å²) in [5, 5.41) is 3.34. The van der Waals surface area contributed by atoms with Crippen LogP contribution in [0.25, 0.3) is 0 Å². The number of piperazine rings is 1. The zero-order valence-corrected chi connectivity index (χ0v) is 9.05. The van der Waals surface area contributed by atoms with Crippen LogP contribution in [-0.2, 0) is 0 Å². The Morgan fingerprint density at radius 2 is 2.07 bits per heavy atom. The summed E-state index contributed by atoms with van der Waals surface area (Å²) in [6.07, 6.45) is 4.03. The Labute approximate surface area is 87.0 Å². The fourth-order valence-corrected chi connectivity index (χ4v) is 1.61. The Bertz CT molecular complexity index is 235. The minimum Gasteiger partial charge on any atom is -0.314 e. The molecule has 0 aliphatic carbocycles. The lowest BCUT2D eigenvalue weighted by molar-refractivity contribution is 0.261. The zero-order valence-electron chi connectivity index (χ0n) is 9.05. The highest BCUT2D eigenvalue weighted by Crippen LogP contribution is 2.05. The van der Waals surface area contributed by atoms with E-state index >= 15 is 0 Å². The first-order chi connectivity index (χ1) is 6.72. The van der Waals surface area contributed by atoms with Crippen LogP contribution in [0.4, 0.5) is 0 Å². The van der Waals surface area contributed by atoms with Crippen molar-refractivity contribution in [3.05, 3.63) is 36.5 Å². The zero-order chi connectivity index (χ0) is 10.4. The highest BCUT2D eigenvalue weighted by molar-refractivity contribution is 5.27. The molecule has 0 amide bonds. The van der Waals surface area contributed by atoms with Crippen LogP contribution in [-0.4, -0.2) is 37.6 Å². The molecule has 0 spiro atoms. The van der Waals surface area contributed by atoms with Gasteiger partial charge in [-0.3, -0.25) is 4.90 Å². The normalized spacial score (nSPS) is 19.4. The summed E-state index contributed by atoms with van der Waals surface area (Å²) < 4.78 is 0. The number of rotatable bonds is 4. The largest absolute Gasteiger partial charge is 0.314 e. The molecule has 0 unspecified atom stereocenters. The van der Waals surface area contributed by atoms with Crippen LogP contribution in [0.3, 0.4) is 0 Å². The minimum atomic E-state index is 0.998. The Morgan fingerprint density at radius 3 is 2.57 bits per heavy atom. The molecule has 1 rings (SSSR count). The van der Waals surface area contributed by atoms with Crippen LogP contribution in [0.1, 0.15) is 6.92 Å². The van der Waals surface area contributed by atoms with Gasteiger partial charge in [-0.15, -0.1) is 0 Å². The van der Waals surface area contributed by atoms with Crippen LogP contribution in [0.15, 0.2) is 36.5 Å². The molecule has 2 heteroatoms. The lowest BCUT2D eigenvalue weighted by Gasteiger charge is -2.27. The topological polar surface area (TPSA) is 15.3 Å². The third-order valence-corrected chi connectivity index (χ3v) is 2.31. The first kappa shape index (κ1) is 11.2. The van der Waals surface area contributed by atoms with Crippen molar-refractivity contribution >= 4 is 0 Å². The third kappa shape index (κ3) is 3.90. The fraction of sp³-hybridized carbons (Fsp3) is 0.500. The molecule has 0 atom stereocenters. The van der Waals surface area contributed by atoms with E-state index in [1.807, 2.05) is 13.0 Å². The van der Waals surface area contributed by atoms with Crippen LogP contribution in [0, 0.1) is 0 Å². The van der Waals surface area contributed by atoms with E-state index in [0.29, 0.717) is 0 Å². The van der Waals surface area contributed by atoms with Crippen molar-refractivity contribution in [2.24, 2.45) is 0 Å². The van der Waals surface area contributed by atoms with Crippen LogP contribution >= 0.6 is 0 Å². The van der Waals surface area contributed by atoms with Gasteiger partial charge in [-0.25, -0.2) is 0 Å². The molecule has 1 saturated heterocycles. The van der Waals surface area contributed by atoms with Crippen molar-refractivity contribution in [1.29, 1.82) is 0 Å². The second-order valence-corrected chi connectivity index (χ2v) is 3.80. The Morgan fingerprint density at radius 1 is 1.43 bits per heavy atom. The molecule has 0 bridgehead atoms. The van der Waals surface area contributed by atoms with Gasteiger partial charge in [0.2, 0.25) is 0 Å². The summed E-state index contributed by atoms with van der Waals surface area (Å²) in [7, 11) is 0. The van der Waals surface area contributed by atoms with Crippen LogP contribution < -0.4 is 5.32 Å². The number of hydrogen-bond donors (Lipinski definition) is 1. The summed E-state index contributed by atoms with van der Waals surface area (Å²) >= 11 is 0. The number of allylic oxidation sites excluding steroid dienone is 2. The van der Waals surface area contributed by atoms with Gasteiger partial charge in [0.05, 0.1) is 0 Å². The molecule has 0 aromatic heterocycles. The number of nitrogens with zero attached hydrogens (tertiary/aromatic N) is 1. The molecule has 1 aliphatic rings. The lowest BCUT2D eigenvalue weighted by Crippen LogP contribution is -2.44. The molecule has 78 valence electrons. The second kappa shape index (κ2) is 5.78. The van der Waals surface area contributed by atoms with E-state index < -0.39 is 0 Å². The maximum Gasteiger partial charge on any atom is 0.0234 e. The van der Waals surface area contributed by atoms with Gasteiger partial charge in [0.25, 0.3) is 0 Å². The highest BCUT2D eigenvalue weighted by Gasteiger charge is 2.09. The number of hydrogen-bond acceptors (Lipinski definition) is 2. The Balaban J connectivity index is 2.46. The van der Waals surface area contributed by atoms with Gasteiger partial charge in [-0.1, -0.05) is 30.9 Å². The molecule has 1 N–H and O–H groups in total. The maximum atomic E-state index is 3.88. The van der Waals surface area contributed by atoms with Crippen molar-refractivity contribution in [1.82, 2.24) is 10.2 Å². The van der Waals surface area contributed by atoms with Crippen LogP contribution in [0.5, 0.6) is 0 Å². The van der Waals surface area contributed by atoms with Crippen molar-refractivity contribution in [3.8, 4) is 0 Å². The van der Waals surface area contributed by atoms with Crippen molar-refractivity contribution in [2.45, 2.75) is 6.92 Å². The Hall–Kier alpha value is -0.860. The van der Waals surface area contributed by atoms with E-state index in [0.717, 1.165) is 38.3 Å². The van der Waals surface area contributed by atoms with Gasteiger partial charge in [0.15, 0.2) is 0 Å². The molecule has 2 nitrogen and oxygen atoms in total. The predicted molar refractivity (Wildman–Crippen MR) is 62.4 cm³/mol. The lowest BCUT2D eigenvalue weighted by atomic mass is 10.1. The first-order valence-corrected chi connectivity index (χ1v) is 5.14. The van der Waals surface area contributed by atoms with E-state index in [1.165, 1.54) is 5.57 Å². The minimum absolute atomic E-state index is 0.998.